The van der Waals surface area contributed by atoms with Crippen LogP contribution >= 0.6 is 0 Å². The third kappa shape index (κ3) is 2.93. The van der Waals surface area contributed by atoms with Crippen LogP contribution in [-0.2, 0) is 9.47 Å². The van der Waals surface area contributed by atoms with E-state index in [-0.39, 0.29) is 0 Å². The predicted molar refractivity (Wildman–Crippen MR) is 50.8 cm³/mol. The Morgan fingerprint density at radius 3 is 3.08 bits per heavy atom. The molecule has 0 radical (unpaired) electrons. The molecule has 0 aromatic rings. The summed E-state index contributed by atoms with van der Waals surface area (Å²) < 4.78 is 11.2. The first-order chi connectivity index (χ1) is 6.45. The molecular formula is C10H19NO2. The quantitative estimate of drug-likeness (QED) is 0.707. The topological polar surface area (TPSA) is 30.5 Å². The van der Waals surface area contributed by atoms with Crippen molar-refractivity contribution in [3.05, 3.63) is 0 Å². The van der Waals surface area contributed by atoms with Crippen LogP contribution in [0.4, 0.5) is 0 Å². The summed E-state index contributed by atoms with van der Waals surface area (Å²) >= 11 is 0. The van der Waals surface area contributed by atoms with Crippen LogP contribution in [-0.4, -0.2) is 38.5 Å². The summed E-state index contributed by atoms with van der Waals surface area (Å²) in [5, 5.41) is 3.29. The summed E-state index contributed by atoms with van der Waals surface area (Å²) in [6, 6.07) is 0. The highest BCUT2D eigenvalue weighted by Crippen LogP contribution is 2.15. The zero-order chi connectivity index (χ0) is 8.93. The second-order valence-corrected chi connectivity index (χ2v) is 3.91. The van der Waals surface area contributed by atoms with Crippen LogP contribution in [0.3, 0.4) is 0 Å². The number of hydrogen-bond acceptors (Lipinski definition) is 3. The third-order valence-electron chi connectivity index (χ3n) is 2.83. The Hall–Kier alpha value is -0.120. The first-order valence-electron chi connectivity index (χ1n) is 5.39. The Kier molecular flexibility index (Phi) is 3.58. The van der Waals surface area contributed by atoms with Gasteiger partial charge in [-0.2, -0.15) is 0 Å². The van der Waals surface area contributed by atoms with E-state index in [2.05, 4.69) is 5.32 Å². The van der Waals surface area contributed by atoms with Gasteiger partial charge in [0.25, 0.3) is 0 Å². The average Bonchev–Trinajstić information content (AvgIpc) is 2.75. The van der Waals surface area contributed by atoms with Gasteiger partial charge in [0.2, 0.25) is 0 Å². The highest BCUT2D eigenvalue weighted by Gasteiger charge is 2.18. The Morgan fingerprint density at radius 1 is 1.38 bits per heavy atom. The molecule has 0 spiro atoms. The van der Waals surface area contributed by atoms with Crippen molar-refractivity contribution in [2.24, 2.45) is 0 Å². The normalized spacial score (nSPS) is 34.2. The van der Waals surface area contributed by atoms with Gasteiger partial charge in [0.15, 0.2) is 0 Å². The Labute approximate surface area is 79.8 Å². The molecule has 2 atom stereocenters. The fraction of sp³-hybridized carbons (Fsp3) is 1.00. The maximum atomic E-state index is 5.72. The first kappa shape index (κ1) is 9.44. The monoisotopic (exact) mass is 185 g/mol. The van der Waals surface area contributed by atoms with Gasteiger partial charge in [-0.25, -0.2) is 0 Å². The van der Waals surface area contributed by atoms with Gasteiger partial charge < -0.3 is 14.8 Å². The van der Waals surface area contributed by atoms with E-state index in [0.717, 1.165) is 32.7 Å². The van der Waals surface area contributed by atoms with Gasteiger partial charge in [0, 0.05) is 19.8 Å². The molecule has 1 N–H and O–H groups in total. The van der Waals surface area contributed by atoms with E-state index in [1.54, 1.807) is 0 Å². The van der Waals surface area contributed by atoms with E-state index in [1.165, 1.54) is 19.3 Å². The van der Waals surface area contributed by atoms with E-state index in [4.69, 9.17) is 9.47 Å². The highest BCUT2D eigenvalue weighted by molar-refractivity contribution is 4.71. The summed E-state index contributed by atoms with van der Waals surface area (Å²) in [5.74, 6) is 0. The Morgan fingerprint density at radius 2 is 2.38 bits per heavy atom. The van der Waals surface area contributed by atoms with Crippen molar-refractivity contribution in [2.45, 2.75) is 37.9 Å². The molecule has 0 amide bonds. The van der Waals surface area contributed by atoms with E-state index in [0.29, 0.717) is 12.2 Å². The molecule has 0 saturated carbocycles. The number of rotatable bonds is 4. The molecule has 0 aromatic carbocycles. The van der Waals surface area contributed by atoms with E-state index >= 15 is 0 Å². The van der Waals surface area contributed by atoms with Gasteiger partial charge in [-0.05, 0) is 32.2 Å². The molecule has 3 nitrogen and oxygen atoms in total. The second-order valence-electron chi connectivity index (χ2n) is 3.91. The van der Waals surface area contributed by atoms with Gasteiger partial charge in [-0.15, -0.1) is 0 Å². The second kappa shape index (κ2) is 4.94. The lowest BCUT2D eigenvalue weighted by Gasteiger charge is -2.13. The van der Waals surface area contributed by atoms with Gasteiger partial charge in [0.05, 0.1) is 12.2 Å². The summed E-state index contributed by atoms with van der Waals surface area (Å²) in [6.07, 6.45) is 5.65. The summed E-state index contributed by atoms with van der Waals surface area (Å²) in [6.45, 7) is 3.97. The molecule has 2 unspecified atom stereocenters. The van der Waals surface area contributed by atoms with Crippen molar-refractivity contribution in [1.82, 2.24) is 5.32 Å². The zero-order valence-electron chi connectivity index (χ0n) is 8.13. The van der Waals surface area contributed by atoms with Crippen LogP contribution in [0.1, 0.15) is 25.7 Å². The minimum Gasteiger partial charge on any atom is -0.378 e. The molecule has 0 aromatic heterocycles. The van der Waals surface area contributed by atoms with Gasteiger partial charge in [0.1, 0.15) is 0 Å². The van der Waals surface area contributed by atoms with E-state index < -0.39 is 0 Å². The molecule has 2 rings (SSSR count). The number of ether oxygens (including phenoxy) is 2. The zero-order valence-corrected chi connectivity index (χ0v) is 8.13. The van der Waals surface area contributed by atoms with Crippen molar-refractivity contribution in [3.8, 4) is 0 Å². The molecular weight excluding hydrogens is 166 g/mol. The van der Waals surface area contributed by atoms with Crippen LogP contribution in [0.2, 0.25) is 0 Å². The molecule has 2 aliphatic rings. The standard InChI is InChI=1S/C10H19NO2/c1-2-9(12-6-1)4-7-13-10-3-5-11-8-10/h9-11H,1-8H2. The largest absolute Gasteiger partial charge is 0.378 e. The molecule has 76 valence electrons. The van der Waals surface area contributed by atoms with Gasteiger partial charge in [-0.1, -0.05) is 0 Å². The third-order valence-corrected chi connectivity index (χ3v) is 2.83. The lowest BCUT2D eigenvalue weighted by molar-refractivity contribution is 0.0282. The van der Waals surface area contributed by atoms with Crippen LogP contribution in [0.5, 0.6) is 0 Å². The van der Waals surface area contributed by atoms with Crippen LogP contribution in [0, 0.1) is 0 Å². The summed E-state index contributed by atoms with van der Waals surface area (Å²) in [4.78, 5) is 0. The molecule has 13 heavy (non-hydrogen) atoms. The van der Waals surface area contributed by atoms with Crippen LogP contribution < -0.4 is 5.32 Å². The van der Waals surface area contributed by atoms with Crippen molar-refractivity contribution in [1.29, 1.82) is 0 Å². The SMILES string of the molecule is C1COC(CCOC2CCNC2)C1. The van der Waals surface area contributed by atoms with Crippen molar-refractivity contribution in [2.75, 3.05) is 26.3 Å². The fourth-order valence-electron chi connectivity index (χ4n) is 2.01. The minimum absolute atomic E-state index is 0.460. The van der Waals surface area contributed by atoms with Crippen molar-refractivity contribution >= 4 is 0 Å². The summed E-state index contributed by atoms with van der Waals surface area (Å²) in [5.41, 5.74) is 0. The molecule has 2 fully saturated rings. The van der Waals surface area contributed by atoms with E-state index in [1.807, 2.05) is 0 Å². The average molecular weight is 185 g/mol. The fourth-order valence-corrected chi connectivity index (χ4v) is 2.01. The van der Waals surface area contributed by atoms with Gasteiger partial charge in [-0.3, -0.25) is 0 Å². The maximum Gasteiger partial charge on any atom is 0.0711 e. The molecule has 2 saturated heterocycles. The maximum absolute atomic E-state index is 5.72. The smallest absolute Gasteiger partial charge is 0.0711 e. The Balaban J connectivity index is 1.52. The van der Waals surface area contributed by atoms with Crippen LogP contribution in [0.25, 0.3) is 0 Å². The van der Waals surface area contributed by atoms with Crippen molar-refractivity contribution < 1.29 is 9.47 Å². The van der Waals surface area contributed by atoms with Crippen molar-refractivity contribution in [3.63, 3.8) is 0 Å². The molecule has 2 heterocycles. The molecule has 0 bridgehead atoms. The number of nitrogens with one attached hydrogen (secondary N) is 1. The van der Waals surface area contributed by atoms with Gasteiger partial charge >= 0.3 is 0 Å². The molecule has 2 aliphatic heterocycles. The van der Waals surface area contributed by atoms with E-state index in [9.17, 15) is 0 Å². The first-order valence-corrected chi connectivity index (χ1v) is 5.39. The molecule has 3 heteroatoms. The lowest BCUT2D eigenvalue weighted by atomic mass is 10.2. The number of hydrogen-bond donors (Lipinski definition) is 1. The molecule has 0 aliphatic carbocycles. The highest BCUT2D eigenvalue weighted by atomic mass is 16.5. The summed E-state index contributed by atoms with van der Waals surface area (Å²) in [7, 11) is 0. The lowest BCUT2D eigenvalue weighted by Crippen LogP contribution is -2.19. The Bertz CT molecular complexity index is 124. The minimum atomic E-state index is 0.460. The van der Waals surface area contributed by atoms with Crippen LogP contribution in [0.15, 0.2) is 0 Å². The predicted octanol–water partition coefficient (Wildman–Crippen LogP) is 0.934.